The number of benzene rings is 2. The van der Waals surface area contributed by atoms with Gasteiger partial charge in [-0.1, -0.05) is 36.4 Å². The predicted octanol–water partition coefficient (Wildman–Crippen LogP) is 3.12. The molecule has 0 aromatic heterocycles. The highest BCUT2D eigenvalue weighted by atomic mass is 16.6. The van der Waals surface area contributed by atoms with E-state index in [0.717, 1.165) is 5.56 Å². The molecular formula is C17H18N2O4. The molecule has 0 aliphatic heterocycles. The van der Waals surface area contributed by atoms with Gasteiger partial charge < -0.3 is 4.74 Å². The number of hydroxylamine groups is 1. The Morgan fingerprint density at radius 1 is 1.04 bits per heavy atom. The molecule has 0 fully saturated rings. The summed E-state index contributed by atoms with van der Waals surface area (Å²) >= 11 is 0. The van der Waals surface area contributed by atoms with Crippen LogP contribution in [0, 0.1) is 0 Å². The van der Waals surface area contributed by atoms with E-state index in [0.29, 0.717) is 11.3 Å². The summed E-state index contributed by atoms with van der Waals surface area (Å²) < 4.78 is 4.78. The normalized spacial score (nSPS) is 9.96. The van der Waals surface area contributed by atoms with Gasteiger partial charge in [0.2, 0.25) is 0 Å². The van der Waals surface area contributed by atoms with Crippen molar-refractivity contribution < 1.29 is 19.2 Å². The second-order valence-corrected chi connectivity index (χ2v) is 4.63. The van der Waals surface area contributed by atoms with Crippen LogP contribution in [0.2, 0.25) is 0 Å². The zero-order valence-corrected chi connectivity index (χ0v) is 12.7. The average molecular weight is 314 g/mol. The molecule has 2 aromatic carbocycles. The highest BCUT2D eigenvalue weighted by Gasteiger charge is 2.08. The summed E-state index contributed by atoms with van der Waals surface area (Å²) in [7, 11) is 0. The molecule has 6 heteroatoms. The Labute approximate surface area is 134 Å². The lowest BCUT2D eigenvalue weighted by Gasteiger charge is -2.08. The molecule has 0 atom stereocenters. The Balaban J connectivity index is 1.88. The van der Waals surface area contributed by atoms with E-state index < -0.39 is 12.0 Å². The van der Waals surface area contributed by atoms with Gasteiger partial charge in [0.1, 0.15) is 0 Å². The number of ether oxygens (including phenoxy) is 1. The van der Waals surface area contributed by atoms with Crippen LogP contribution in [0.5, 0.6) is 0 Å². The van der Waals surface area contributed by atoms with E-state index in [1.807, 2.05) is 30.3 Å². The van der Waals surface area contributed by atoms with Crippen LogP contribution in [0.3, 0.4) is 0 Å². The lowest BCUT2D eigenvalue weighted by Crippen LogP contribution is -2.23. The van der Waals surface area contributed by atoms with Crippen molar-refractivity contribution in [2.75, 3.05) is 11.9 Å². The first kappa shape index (κ1) is 16.5. The SMILES string of the molecule is CCOC(=O)Nc1cccc(C(=O)NOCc2ccccc2)c1. The van der Waals surface area contributed by atoms with E-state index >= 15 is 0 Å². The number of hydrogen-bond acceptors (Lipinski definition) is 4. The quantitative estimate of drug-likeness (QED) is 0.803. The van der Waals surface area contributed by atoms with Gasteiger partial charge in [-0.05, 0) is 30.7 Å². The first-order valence-electron chi connectivity index (χ1n) is 7.19. The topological polar surface area (TPSA) is 76.7 Å². The smallest absolute Gasteiger partial charge is 0.411 e. The summed E-state index contributed by atoms with van der Waals surface area (Å²) in [5.74, 6) is -0.395. The molecule has 0 aliphatic carbocycles. The molecule has 2 amide bonds. The van der Waals surface area contributed by atoms with E-state index in [2.05, 4.69) is 10.8 Å². The first-order valence-corrected chi connectivity index (χ1v) is 7.19. The molecule has 2 aromatic rings. The maximum Gasteiger partial charge on any atom is 0.411 e. The van der Waals surface area contributed by atoms with Crippen molar-refractivity contribution in [1.82, 2.24) is 5.48 Å². The van der Waals surface area contributed by atoms with Crippen molar-refractivity contribution in [1.29, 1.82) is 0 Å². The van der Waals surface area contributed by atoms with Gasteiger partial charge >= 0.3 is 6.09 Å². The van der Waals surface area contributed by atoms with Crippen molar-refractivity contribution in [2.45, 2.75) is 13.5 Å². The van der Waals surface area contributed by atoms with Gasteiger partial charge in [-0.3, -0.25) is 14.9 Å². The standard InChI is InChI=1S/C17H18N2O4/c1-2-22-17(21)18-15-10-6-9-14(11-15)16(20)19-23-12-13-7-4-3-5-8-13/h3-11H,2,12H2,1H3,(H,18,21)(H,19,20). The van der Waals surface area contributed by atoms with Gasteiger partial charge in [-0.2, -0.15) is 0 Å². The fourth-order valence-corrected chi connectivity index (χ4v) is 1.84. The Morgan fingerprint density at radius 3 is 2.57 bits per heavy atom. The lowest BCUT2D eigenvalue weighted by molar-refractivity contribution is 0.0233. The van der Waals surface area contributed by atoms with E-state index in [9.17, 15) is 9.59 Å². The third-order valence-electron chi connectivity index (χ3n) is 2.89. The molecule has 0 aliphatic rings. The zero-order chi connectivity index (χ0) is 16.5. The first-order chi connectivity index (χ1) is 11.2. The van der Waals surface area contributed by atoms with Crippen LogP contribution >= 0.6 is 0 Å². The molecule has 0 saturated heterocycles. The van der Waals surface area contributed by atoms with E-state index in [1.54, 1.807) is 25.1 Å². The molecule has 0 bridgehead atoms. The Hall–Kier alpha value is -2.86. The van der Waals surface area contributed by atoms with Crippen molar-refractivity contribution >= 4 is 17.7 Å². The molecule has 0 unspecified atom stereocenters. The molecule has 0 heterocycles. The van der Waals surface area contributed by atoms with Crippen LogP contribution < -0.4 is 10.8 Å². The average Bonchev–Trinajstić information content (AvgIpc) is 2.56. The molecule has 23 heavy (non-hydrogen) atoms. The maximum atomic E-state index is 12.0. The number of carbonyl (C=O) groups is 2. The summed E-state index contributed by atoms with van der Waals surface area (Å²) in [4.78, 5) is 28.6. The second kappa shape index (κ2) is 8.55. The molecule has 2 rings (SSSR count). The number of nitrogens with one attached hydrogen (secondary N) is 2. The van der Waals surface area contributed by atoms with Gasteiger partial charge in [0, 0.05) is 11.3 Å². The second-order valence-electron chi connectivity index (χ2n) is 4.63. The van der Waals surface area contributed by atoms with Gasteiger partial charge in [0.25, 0.3) is 5.91 Å². The van der Waals surface area contributed by atoms with Crippen LogP contribution in [0.1, 0.15) is 22.8 Å². The van der Waals surface area contributed by atoms with Crippen molar-refractivity contribution in [3.63, 3.8) is 0 Å². The summed E-state index contributed by atoms with van der Waals surface area (Å²) in [5.41, 5.74) is 4.16. The van der Waals surface area contributed by atoms with Crippen molar-refractivity contribution in [2.24, 2.45) is 0 Å². The van der Waals surface area contributed by atoms with E-state index in [4.69, 9.17) is 9.57 Å². The third kappa shape index (κ3) is 5.44. The molecule has 0 spiro atoms. The number of amides is 2. The van der Waals surface area contributed by atoms with Crippen molar-refractivity contribution in [3.05, 3.63) is 65.7 Å². The Kier molecular flexibility index (Phi) is 6.14. The molecular weight excluding hydrogens is 296 g/mol. The summed E-state index contributed by atoms with van der Waals surface area (Å²) in [5, 5.41) is 2.54. The minimum Gasteiger partial charge on any atom is -0.450 e. The van der Waals surface area contributed by atoms with Gasteiger partial charge in [-0.25, -0.2) is 10.3 Å². The van der Waals surface area contributed by atoms with Crippen LogP contribution in [-0.4, -0.2) is 18.6 Å². The van der Waals surface area contributed by atoms with Crippen LogP contribution in [0.15, 0.2) is 54.6 Å². The van der Waals surface area contributed by atoms with E-state index in [1.165, 1.54) is 6.07 Å². The fourth-order valence-electron chi connectivity index (χ4n) is 1.84. The Morgan fingerprint density at radius 2 is 1.83 bits per heavy atom. The largest absolute Gasteiger partial charge is 0.450 e. The molecule has 2 N–H and O–H groups in total. The summed E-state index contributed by atoms with van der Waals surface area (Å²) in [6.45, 7) is 2.26. The van der Waals surface area contributed by atoms with Gasteiger partial charge in [0.05, 0.1) is 13.2 Å². The van der Waals surface area contributed by atoms with Gasteiger partial charge in [-0.15, -0.1) is 0 Å². The minimum atomic E-state index is -0.564. The third-order valence-corrected chi connectivity index (χ3v) is 2.89. The van der Waals surface area contributed by atoms with Crippen molar-refractivity contribution in [3.8, 4) is 0 Å². The maximum absolute atomic E-state index is 12.0. The molecule has 0 saturated carbocycles. The number of anilines is 1. The Bertz CT molecular complexity index is 659. The van der Waals surface area contributed by atoms with E-state index in [-0.39, 0.29) is 13.2 Å². The summed E-state index contributed by atoms with van der Waals surface area (Å²) in [6.07, 6.45) is -0.564. The monoisotopic (exact) mass is 314 g/mol. The number of rotatable bonds is 6. The number of carbonyl (C=O) groups excluding carboxylic acids is 2. The van der Waals surface area contributed by atoms with Crippen LogP contribution in [0.4, 0.5) is 10.5 Å². The fraction of sp³-hybridized carbons (Fsp3) is 0.176. The lowest BCUT2D eigenvalue weighted by atomic mass is 10.2. The van der Waals surface area contributed by atoms with Crippen LogP contribution in [0.25, 0.3) is 0 Å². The van der Waals surface area contributed by atoms with Crippen LogP contribution in [-0.2, 0) is 16.2 Å². The molecule has 0 radical (unpaired) electrons. The minimum absolute atomic E-state index is 0.271. The zero-order valence-electron chi connectivity index (χ0n) is 12.7. The van der Waals surface area contributed by atoms with Gasteiger partial charge in [0.15, 0.2) is 0 Å². The summed E-state index contributed by atoms with van der Waals surface area (Å²) in [6, 6.07) is 16.0. The highest BCUT2D eigenvalue weighted by Crippen LogP contribution is 2.11. The highest BCUT2D eigenvalue weighted by molar-refractivity contribution is 5.95. The molecule has 6 nitrogen and oxygen atoms in total. The predicted molar refractivity (Wildman–Crippen MR) is 85.8 cm³/mol. The number of hydrogen-bond donors (Lipinski definition) is 2. The molecule has 120 valence electrons.